The summed E-state index contributed by atoms with van der Waals surface area (Å²) in [5.41, 5.74) is 0. The van der Waals surface area contributed by atoms with Crippen LogP contribution in [0.4, 0.5) is 4.79 Å². The maximum Gasteiger partial charge on any atom is 0.316 e. The zero-order valence-corrected chi connectivity index (χ0v) is 9.70. The minimum Gasteiger partial charge on any atom is -0.391 e. The highest BCUT2D eigenvalue weighted by Crippen LogP contribution is 2.26. The van der Waals surface area contributed by atoms with Gasteiger partial charge in [-0.05, 0) is 18.8 Å². The molecule has 0 heterocycles. The molecule has 0 saturated heterocycles. The van der Waals surface area contributed by atoms with Crippen LogP contribution in [0.2, 0.25) is 0 Å². The lowest BCUT2D eigenvalue weighted by Gasteiger charge is -2.29. The van der Waals surface area contributed by atoms with Crippen molar-refractivity contribution < 1.29 is 9.90 Å². The molecule has 1 saturated carbocycles. The number of carbonyl (C=O) groups is 1. The Kier molecular flexibility index (Phi) is 4.88. The highest BCUT2D eigenvalue weighted by atomic mass is 16.3. The van der Waals surface area contributed by atoms with E-state index in [1.807, 2.05) is 0 Å². The lowest BCUT2D eigenvalue weighted by Crippen LogP contribution is -2.42. The highest BCUT2D eigenvalue weighted by Gasteiger charge is 2.23. The molecule has 4 heteroatoms. The predicted molar refractivity (Wildman–Crippen MR) is 59.7 cm³/mol. The van der Waals surface area contributed by atoms with Gasteiger partial charge in [-0.2, -0.15) is 0 Å². The summed E-state index contributed by atoms with van der Waals surface area (Å²) in [4.78, 5) is 12.8. The van der Waals surface area contributed by atoms with E-state index in [0.717, 1.165) is 12.8 Å². The van der Waals surface area contributed by atoms with Gasteiger partial charge in [0.05, 0.1) is 6.10 Å². The van der Waals surface area contributed by atoms with Crippen molar-refractivity contribution >= 4 is 6.03 Å². The number of likely N-dealkylation sites (N-methyl/N-ethyl adjacent to an activating group) is 1. The van der Waals surface area contributed by atoms with Crippen LogP contribution < -0.4 is 5.32 Å². The second-order valence-corrected chi connectivity index (χ2v) is 4.40. The van der Waals surface area contributed by atoms with Crippen molar-refractivity contribution in [1.29, 1.82) is 0 Å². The number of aliphatic hydroxyl groups is 1. The Labute approximate surface area is 91.6 Å². The molecule has 1 unspecified atom stereocenters. The minimum absolute atomic E-state index is 0.134. The number of carbonyl (C=O) groups excluding carboxylic acids is 1. The summed E-state index contributed by atoms with van der Waals surface area (Å²) in [6.07, 6.45) is 5.55. The first kappa shape index (κ1) is 12.3. The molecule has 4 nitrogen and oxygen atoms in total. The van der Waals surface area contributed by atoms with Gasteiger partial charge in [-0.1, -0.05) is 19.3 Å². The Hall–Kier alpha value is -0.770. The van der Waals surface area contributed by atoms with Gasteiger partial charge in [-0.3, -0.25) is 0 Å². The Bertz CT molecular complexity index is 203. The summed E-state index contributed by atoms with van der Waals surface area (Å²) in [5, 5.41) is 12.5. The summed E-state index contributed by atoms with van der Waals surface area (Å²) in [7, 11) is 3.32. The van der Waals surface area contributed by atoms with Crippen LogP contribution >= 0.6 is 0 Å². The van der Waals surface area contributed by atoms with Crippen molar-refractivity contribution in [1.82, 2.24) is 10.2 Å². The summed E-state index contributed by atoms with van der Waals surface area (Å²) >= 11 is 0. The monoisotopic (exact) mass is 214 g/mol. The number of hydrogen-bond donors (Lipinski definition) is 2. The average molecular weight is 214 g/mol. The van der Waals surface area contributed by atoms with Gasteiger partial charge in [0.1, 0.15) is 0 Å². The van der Waals surface area contributed by atoms with E-state index >= 15 is 0 Å². The lowest BCUT2D eigenvalue weighted by molar-refractivity contribution is 0.0624. The zero-order valence-electron chi connectivity index (χ0n) is 9.70. The number of amides is 2. The molecule has 1 rings (SSSR count). The van der Waals surface area contributed by atoms with Gasteiger partial charge in [0.2, 0.25) is 0 Å². The third-order valence-corrected chi connectivity index (χ3v) is 3.22. The molecular formula is C11H22N2O2. The van der Waals surface area contributed by atoms with Crippen LogP contribution in [0.25, 0.3) is 0 Å². The van der Waals surface area contributed by atoms with E-state index in [0.29, 0.717) is 12.5 Å². The zero-order chi connectivity index (χ0) is 11.3. The molecule has 1 aliphatic carbocycles. The van der Waals surface area contributed by atoms with Gasteiger partial charge in [-0.25, -0.2) is 4.79 Å². The number of nitrogens with zero attached hydrogens (tertiary/aromatic N) is 1. The molecule has 1 aliphatic rings. The summed E-state index contributed by atoms with van der Waals surface area (Å²) in [5.74, 6) is 0.380. The van der Waals surface area contributed by atoms with Crippen molar-refractivity contribution in [3.05, 3.63) is 0 Å². The molecule has 1 fully saturated rings. The molecule has 0 aromatic carbocycles. The van der Waals surface area contributed by atoms with E-state index in [-0.39, 0.29) is 12.1 Å². The summed E-state index contributed by atoms with van der Waals surface area (Å²) in [6.45, 7) is 0.435. The summed E-state index contributed by atoms with van der Waals surface area (Å²) < 4.78 is 0. The number of hydrogen-bond acceptors (Lipinski definition) is 2. The molecule has 0 radical (unpaired) electrons. The first-order valence-corrected chi connectivity index (χ1v) is 5.76. The maximum atomic E-state index is 11.2. The third-order valence-electron chi connectivity index (χ3n) is 3.22. The average Bonchev–Trinajstić information content (AvgIpc) is 2.29. The fourth-order valence-corrected chi connectivity index (χ4v) is 2.22. The molecule has 0 spiro atoms. The van der Waals surface area contributed by atoms with Crippen molar-refractivity contribution in [2.24, 2.45) is 5.92 Å². The largest absolute Gasteiger partial charge is 0.391 e. The number of rotatable bonds is 3. The van der Waals surface area contributed by atoms with Crippen LogP contribution in [0.1, 0.15) is 32.1 Å². The second-order valence-electron chi connectivity index (χ2n) is 4.40. The van der Waals surface area contributed by atoms with E-state index in [2.05, 4.69) is 5.32 Å². The van der Waals surface area contributed by atoms with Gasteiger partial charge in [0, 0.05) is 20.6 Å². The standard InChI is InChI=1S/C11H22N2O2/c1-12-11(15)13(2)8-10(14)9-6-4-3-5-7-9/h9-10,14H,3-8H2,1-2H3,(H,12,15). The van der Waals surface area contributed by atoms with Crippen molar-refractivity contribution in [2.45, 2.75) is 38.2 Å². The SMILES string of the molecule is CNC(=O)N(C)CC(O)C1CCCCC1. The Balaban J connectivity index is 2.33. The Morgan fingerprint density at radius 3 is 2.60 bits per heavy atom. The van der Waals surface area contributed by atoms with Crippen LogP contribution in [-0.4, -0.2) is 42.8 Å². The molecule has 88 valence electrons. The topological polar surface area (TPSA) is 52.6 Å². The number of nitrogens with one attached hydrogen (secondary N) is 1. The number of aliphatic hydroxyl groups excluding tert-OH is 1. The fraction of sp³-hybridized carbons (Fsp3) is 0.909. The van der Waals surface area contributed by atoms with Gasteiger partial charge in [-0.15, -0.1) is 0 Å². The number of urea groups is 1. The highest BCUT2D eigenvalue weighted by molar-refractivity contribution is 5.73. The summed E-state index contributed by atoms with van der Waals surface area (Å²) in [6, 6.07) is -0.134. The van der Waals surface area contributed by atoms with Crippen LogP contribution in [-0.2, 0) is 0 Å². The van der Waals surface area contributed by atoms with Crippen molar-refractivity contribution in [2.75, 3.05) is 20.6 Å². The quantitative estimate of drug-likeness (QED) is 0.741. The second kappa shape index (κ2) is 5.95. The fourth-order valence-electron chi connectivity index (χ4n) is 2.22. The molecule has 0 aromatic rings. The normalized spacial score (nSPS) is 19.7. The molecule has 1 atom stereocenters. The van der Waals surface area contributed by atoms with E-state index in [4.69, 9.17) is 0 Å². The third kappa shape index (κ3) is 3.70. The molecule has 0 bridgehead atoms. The van der Waals surface area contributed by atoms with E-state index in [1.54, 1.807) is 19.0 Å². The Morgan fingerprint density at radius 2 is 2.07 bits per heavy atom. The predicted octanol–water partition coefficient (Wildman–Crippen LogP) is 1.20. The molecular weight excluding hydrogens is 192 g/mol. The van der Waals surface area contributed by atoms with Crippen LogP contribution in [0.15, 0.2) is 0 Å². The molecule has 2 amide bonds. The lowest BCUT2D eigenvalue weighted by atomic mass is 9.85. The molecule has 2 N–H and O–H groups in total. The molecule has 0 aliphatic heterocycles. The van der Waals surface area contributed by atoms with Gasteiger partial charge in [0.15, 0.2) is 0 Å². The van der Waals surface area contributed by atoms with Crippen molar-refractivity contribution in [3.63, 3.8) is 0 Å². The first-order chi connectivity index (χ1) is 7.15. The molecule has 0 aromatic heterocycles. The van der Waals surface area contributed by atoms with Gasteiger partial charge >= 0.3 is 6.03 Å². The smallest absolute Gasteiger partial charge is 0.316 e. The minimum atomic E-state index is -0.368. The van der Waals surface area contributed by atoms with E-state index in [1.165, 1.54) is 19.3 Å². The van der Waals surface area contributed by atoms with Crippen LogP contribution in [0, 0.1) is 5.92 Å². The molecule has 15 heavy (non-hydrogen) atoms. The first-order valence-electron chi connectivity index (χ1n) is 5.76. The maximum absolute atomic E-state index is 11.2. The van der Waals surface area contributed by atoms with Crippen LogP contribution in [0.5, 0.6) is 0 Å². The Morgan fingerprint density at radius 1 is 1.47 bits per heavy atom. The van der Waals surface area contributed by atoms with Crippen LogP contribution in [0.3, 0.4) is 0 Å². The van der Waals surface area contributed by atoms with E-state index < -0.39 is 0 Å². The van der Waals surface area contributed by atoms with E-state index in [9.17, 15) is 9.90 Å². The van der Waals surface area contributed by atoms with Crippen molar-refractivity contribution in [3.8, 4) is 0 Å². The van der Waals surface area contributed by atoms with Gasteiger partial charge < -0.3 is 15.3 Å². The van der Waals surface area contributed by atoms with Gasteiger partial charge in [0.25, 0.3) is 0 Å².